The summed E-state index contributed by atoms with van der Waals surface area (Å²) in [5, 5.41) is 11.2. The van der Waals surface area contributed by atoms with Gasteiger partial charge in [-0.1, -0.05) is 13.8 Å². The summed E-state index contributed by atoms with van der Waals surface area (Å²) >= 11 is 0. The first-order valence-corrected chi connectivity index (χ1v) is 8.11. The Bertz CT molecular complexity index is 585. The Morgan fingerprint density at radius 2 is 1.92 bits per heavy atom. The lowest BCUT2D eigenvalue weighted by Crippen LogP contribution is -2.53. The topological polar surface area (TPSA) is 105 Å². The Labute approximate surface area is 141 Å². The molecule has 0 saturated carbocycles. The molecule has 0 unspecified atom stereocenters. The van der Waals surface area contributed by atoms with E-state index in [-0.39, 0.29) is 17.9 Å². The molecule has 1 aromatic rings. The van der Waals surface area contributed by atoms with Crippen LogP contribution in [0.25, 0.3) is 0 Å². The number of nitrogens with zero attached hydrogens (tertiary/aromatic N) is 3. The second-order valence-corrected chi connectivity index (χ2v) is 6.26. The fourth-order valence-corrected chi connectivity index (χ4v) is 2.71. The zero-order valence-electron chi connectivity index (χ0n) is 14.2. The molecule has 1 atom stereocenters. The van der Waals surface area contributed by atoms with Crippen molar-refractivity contribution in [2.75, 3.05) is 13.1 Å². The lowest BCUT2D eigenvalue weighted by atomic mass is 10.0. The highest BCUT2D eigenvalue weighted by atomic mass is 16.5. The highest BCUT2D eigenvalue weighted by Gasteiger charge is 2.31. The molecule has 0 radical (unpaired) electrons. The average molecular weight is 336 g/mol. The van der Waals surface area contributed by atoms with E-state index in [0.29, 0.717) is 31.8 Å². The van der Waals surface area contributed by atoms with Crippen LogP contribution in [-0.2, 0) is 4.79 Å². The summed E-state index contributed by atoms with van der Waals surface area (Å²) in [7, 11) is 0. The minimum Gasteiger partial charge on any atom is -0.473 e. The molecule has 2 amide bonds. The molecule has 24 heavy (non-hydrogen) atoms. The molecule has 8 nitrogen and oxygen atoms in total. The number of aromatic nitrogens is 2. The maximum atomic E-state index is 12.5. The first kappa shape index (κ1) is 18.0. The third-order valence-corrected chi connectivity index (χ3v) is 4.08. The van der Waals surface area contributed by atoms with Gasteiger partial charge in [-0.25, -0.2) is 9.78 Å². The Kier molecular flexibility index (Phi) is 5.94. The third-order valence-electron chi connectivity index (χ3n) is 4.08. The van der Waals surface area contributed by atoms with E-state index in [1.54, 1.807) is 17.3 Å². The Morgan fingerprint density at radius 3 is 2.46 bits per heavy atom. The van der Waals surface area contributed by atoms with E-state index in [1.165, 1.54) is 0 Å². The number of hydrogen-bond donors (Lipinski definition) is 2. The van der Waals surface area contributed by atoms with Crippen LogP contribution in [0.1, 0.15) is 32.4 Å². The van der Waals surface area contributed by atoms with Crippen molar-refractivity contribution in [2.24, 2.45) is 5.92 Å². The molecule has 0 bridgehead atoms. The van der Waals surface area contributed by atoms with Crippen LogP contribution in [0, 0.1) is 12.8 Å². The summed E-state index contributed by atoms with van der Waals surface area (Å²) in [6.07, 6.45) is 3.36. The van der Waals surface area contributed by atoms with E-state index < -0.39 is 12.1 Å². The Morgan fingerprint density at radius 1 is 1.29 bits per heavy atom. The highest BCUT2D eigenvalue weighted by molar-refractivity contribution is 5.85. The zero-order chi connectivity index (χ0) is 17.7. The van der Waals surface area contributed by atoms with Crippen LogP contribution >= 0.6 is 0 Å². The highest BCUT2D eigenvalue weighted by Crippen LogP contribution is 2.20. The molecule has 1 aromatic heterocycles. The van der Waals surface area contributed by atoms with Gasteiger partial charge in [0.25, 0.3) is 0 Å². The number of amides is 2. The molecule has 1 saturated heterocycles. The summed E-state index contributed by atoms with van der Waals surface area (Å²) in [4.78, 5) is 33.4. The summed E-state index contributed by atoms with van der Waals surface area (Å²) in [5.41, 5.74) is 0.738. The van der Waals surface area contributed by atoms with Crippen LogP contribution in [0.3, 0.4) is 0 Å². The van der Waals surface area contributed by atoms with Crippen LogP contribution in [0.5, 0.6) is 5.88 Å². The summed E-state index contributed by atoms with van der Waals surface area (Å²) in [5.74, 6) is 0.237. The van der Waals surface area contributed by atoms with Gasteiger partial charge in [-0.05, 0) is 12.8 Å². The molecular weight excluding hydrogens is 312 g/mol. The maximum Gasteiger partial charge on any atom is 0.405 e. The number of piperidine rings is 1. The number of likely N-dealkylation sites (tertiary alicyclic amines) is 1. The Balaban J connectivity index is 1.90. The van der Waals surface area contributed by atoms with E-state index >= 15 is 0 Å². The molecule has 8 heteroatoms. The van der Waals surface area contributed by atoms with E-state index in [2.05, 4.69) is 15.3 Å². The van der Waals surface area contributed by atoms with E-state index in [0.717, 1.165) is 5.69 Å². The number of aryl methyl sites for hydroxylation is 1. The largest absolute Gasteiger partial charge is 0.473 e. The molecular formula is C16H24N4O4. The normalized spacial score (nSPS) is 16.8. The van der Waals surface area contributed by atoms with E-state index in [1.807, 2.05) is 20.8 Å². The summed E-state index contributed by atoms with van der Waals surface area (Å²) in [6.45, 7) is 6.56. The van der Waals surface area contributed by atoms with Crippen LogP contribution in [-0.4, -0.2) is 57.2 Å². The molecule has 1 fully saturated rings. The Hall–Kier alpha value is -2.38. The zero-order valence-corrected chi connectivity index (χ0v) is 14.2. The second-order valence-electron chi connectivity index (χ2n) is 6.26. The number of hydrogen-bond acceptors (Lipinski definition) is 5. The molecule has 0 aliphatic carbocycles. The first-order chi connectivity index (χ1) is 11.4. The molecule has 2 heterocycles. The lowest BCUT2D eigenvalue weighted by molar-refractivity contribution is -0.136. The summed E-state index contributed by atoms with van der Waals surface area (Å²) in [6, 6.07) is -0.720. The quantitative estimate of drug-likeness (QED) is 0.843. The number of carboxylic acid groups (broad SMARTS) is 1. The van der Waals surface area contributed by atoms with Gasteiger partial charge in [0.2, 0.25) is 11.8 Å². The van der Waals surface area contributed by atoms with Crippen LogP contribution in [0.15, 0.2) is 12.4 Å². The van der Waals surface area contributed by atoms with Gasteiger partial charge in [0, 0.05) is 38.3 Å². The fraction of sp³-hybridized carbons (Fsp3) is 0.625. The van der Waals surface area contributed by atoms with Gasteiger partial charge >= 0.3 is 6.09 Å². The van der Waals surface area contributed by atoms with E-state index in [4.69, 9.17) is 9.84 Å². The van der Waals surface area contributed by atoms with Crippen molar-refractivity contribution in [3.63, 3.8) is 0 Å². The van der Waals surface area contributed by atoms with Crippen molar-refractivity contribution in [1.29, 1.82) is 0 Å². The molecule has 132 valence electrons. The standard InChI is InChI=1S/C16H24N4O4/c1-10(2)13(19-16(22)23)15(21)20-8-4-12(5-9-20)24-14-11(3)17-6-7-18-14/h6-7,10,12-13,19H,4-5,8-9H2,1-3H3,(H,22,23)/t13-/m0/s1. The number of carbonyl (C=O) groups excluding carboxylic acids is 1. The maximum absolute atomic E-state index is 12.5. The van der Waals surface area contributed by atoms with Gasteiger partial charge in [-0.3, -0.25) is 9.78 Å². The van der Waals surface area contributed by atoms with Crippen molar-refractivity contribution in [3.8, 4) is 5.88 Å². The van der Waals surface area contributed by atoms with Crippen molar-refractivity contribution in [1.82, 2.24) is 20.2 Å². The van der Waals surface area contributed by atoms with Crippen molar-refractivity contribution < 1.29 is 19.4 Å². The predicted molar refractivity (Wildman–Crippen MR) is 86.8 cm³/mol. The second kappa shape index (κ2) is 7.94. The van der Waals surface area contributed by atoms with E-state index in [9.17, 15) is 9.59 Å². The van der Waals surface area contributed by atoms with Crippen LogP contribution < -0.4 is 10.1 Å². The number of carbonyl (C=O) groups is 2. The lowest BCUT2D eigenvalue weighted by Gasteiger charge is -2.35. The summed E-state index contributed by atoms with van der Waals surface area (Å²) < 4.78 is 5.87. The van der Waals surface area contributed by atoms with Gasteiger partial charge in [-0.2, -0.15) is 0 Å². The van der Waals surface area contributed by atoms with Crippen LogP contribution in [0.2, 0.25) is 0 Å². The average Bonchev–Trinajstić information content (AvgIpc) is 2.54. The molecule has 1 aliphatic heterocycles. The minimum absolute atomic E-state index is 0.0191. The molecule has 0 spiro atoms. The molecule has 2 rings (SSSR count). The fourth-order valence-electron chi connectivity index (χ4n) is 2.71. The van der Waals surface area contributed by atoms with Gasteiger partial charge in [0.05, 0.1) is 5.69 Å². The van der Waals surface area contributed by atoms with Crippen molar-refractivity contribution in [2.45, 2.75) is 45.8 Å². The molecule has 2 N–H and O–H groups in total. The smallest absolute Gasteiger partial charge is 0.405 e. The SMILES string of the molecule is Cc1nccnc1OC1CCN(C(=O)[C@@H](NC(=O)O)C(C)C)CC1. The van der Waals surface area contributed by atoms with Gasteiger partial charge < -0.3 is 20.1 Å². The van der Waals surface area contributed by atoms with Gasteiger partial charge in [0.15, 0.2) is 0 Å². The van der Waals surface area contributed by atoms with Crippen molar-refractivity contribution >= 4 is 12.0 Å². The monoisotopic (exact) mass is 336 g/mol. The molecule has 1 aliphatic rings. The first-order valence-electron chi connectivity index (χ1n) is 8.11. The molecule has 0 aromatic carbocycles. The number of nitrogens with one attached hydrogen (secondary N) is 1. The number of ether oxygens (including phenoxy) is 1. The van der Waals surface area contributed by atoms with Gasteiger partial charge in [-0.15, -0.1) is 0 Å². The number of rotatable bonds is 5. The van der Waals surface area contributed by atoms with Crippen molar-refractivity contribution in [3.05, 3.63) is 18.1 Å². The predicted octanol–water partition coefficient (Wildman–Crippen LogP) is 1.45. The van der Waals surface area contributed by atoms with Gasteiger partial charge in [0.1, 0.15) is 12.1 Å². The third kappa shape index (κ3) is 4.56. The van der Waals surface area contributed by atoms with Crippen LogP contribution in [0.4, 0.5) is 4.79 Å². The minimum atomic E-state index is -1.18.